The van der Waals surface area contributed by atoms with E-state index in [2.05, 4.69) is 27.7 Å². The zero-order valence-corrected chi connectivity index (χ0v) is 13.7. The van der Waals surface area contributed by atoms with Crippen molar-refractivity contribution in [3.63, 3.8) is 0 Å². The number of allylic oxidation sites excluding steroid dienone is 2. The lowest BCUT2D eigenvalue weighted by Gasteiger charge is -2.34. The number of rotatable bonds is 1. The molecule has 0 bridgehead atoms. The van der Waals surface area contributed by atoms with Gasteiger partial charge in [-0.3, -0.25) is 0 Å². The first-order valence-corrected chi connectivity index (χ1v) is 8.81. The third kappa shape index (κ3) is 3.64. The highest BCUT2D eigenvalue weighted by Crippen LogP contribution is 2.41. The molecule has 0 radical (unpaired) electrons. The van der Waals surface area contributed by atoms with Crippen LogP contribution in [0, 0.1) is 23.7 Å². The molecule has 1 saturated carbocycles. The molecule has 2 rings (SSSR count). The van der Waals surface area contributed by atoms with Crippen molar-refractivity contribution in [1.29, 1.82) is 0 Å². The van der Waals surface area contributed by atoms with Crippen molar-refractivity contribution < 1.29 is 0 Å². The maximum absolute atomic E-state index is 2.51. The Kier molecular flexibility index (Phi) is 5.54. The van der Waals surface area contributed by atoms with Crippen LogP contribution in [0.2, 0.25) is 0 Å². The first kappa shape index (κ1) is 15.1. The zero-order chi connectivity index (χ0) is 13.8. The molecule has 0 amide bonds. The molecule has 19 heavy (non-hydrogen) atoms. The molecule has 0 nitrogen and oxygen atoms in total. The van der Waals surface area contributed by atoms with E-state index >= 15 is 0 Å². The lowest BCUT2D eigenvalue weighted by Crippen LogP contribution is -2.21. The van der Waals surface area contributed by atoms with Crippen LogP contribution in [0.1, 0.15) is 85.5 Å². The second-order valence-electron chi connectivity index (χ2n) is 7.42. The molecule has 0 aromatic rings. The molecule has 0 aliphatic heterocycles. The third-order valence-electron chi connectivity index (χ3n) is 6.11. The number of hydrogen-bond acceptors (Lipinski definition) is 0. The first-order chi connectivity index (χ1) is 9.11. The summed E-state index contributed by atoms with van der Waals surface area (Å²) in [6.45, 7) is 9.92. The highest BCUT2D eigenvalue weighted by Gasteiger charge is 2.28. The smallest absolute Gasteiger partial charge is 0.0198 e. The minimum absolute atomic E-state index is 0.806. The number of hydrogen-bond donors (Lipinski definition) is 0. The summed E-state index contributed by atoms with van der Waals surface area (Å²) in [5.41, 5.74) is 3.66. The van der Waals surface area contributed by atoms with Crippen LogP contribution in [0.3, 0.4) is 0 Å². The van der Waals surface area contributed by atoms with Gasteiger partial charge in [0.1, 0.15) is 0 Å². The second kappa shape index (κ2) is 6.95. The van der Waals surface area contributed by atoms with Crippen LogP contribution >= 0.6 is 0 Å². The average Bonchev–Trinajstić information content (AvgIpc) is 2.66. The maximum atomic E-state index is 2.51. The van der Waals surface area contributed by atoms with E-state index in [1.165, 1.54) is 57.8 Å². The molecular weight excluding hydrogens is 228 g/mol. The van der Waals surface area contributed by atoms with Gasteiger partial charge in [-0.25, -0.2) is 0 Å². The third-order valence-corrected chi connectivity index (χ3v) is 6.11. The zero-order valence-electron chi connectivity index (χ0n) is 13.7. The van der Waals surface area contributed by atoms with Crippen LogP contribution in [-0.2, 0) is 0 Å². The molecular formula is C19H34. The van der Waals surface area contributed by atoms with Crippen molar-refractivity contribution in [2.45, 2.75) is 85.5 Å². The van der Waals surface area contributed by atoms with Crippen LogP contribution in [0.25, 0.3) is 0 Å². The van der Waals surface area contributed by atoms with E-state index < -0.39 is 0 Å². The van der Waals surface area contributed by atoms with Gasteiger partial charge < -0.3 is 0 Å². The molecule has 0 N–H and O–H groups in total. The van der Waals surface area contributed by atoms with Crippen molar-refractivity contribution in [3.8, 4) is 0 Å². The molecule has 0 heterocycles. The van der Waals surface area contributed by atoms with E-state index in [0.29, 0.717) is 0 Å². The van der Waals surface area contributed by atoms with Crippen LogP contribution in [-0.4, -0.2) is 0 Å². The quantitative estimate of drug-likeness (QED) is 0.380. The minimum atomic E-state index is 0.806. The van der Waals surface area contributed by atoms with Crippen LogP contribution < -0.4 is 0 Å². The van der Waals surface area contributed by atoms with Crippen molar-refractivity contribution in [3.05, 3.63) is 11.1 Å². The van der Waals surface area contributed by atoms with E-state index in [4.69, 9.17) is 0 Å². The summed E-state index contributed by atoms with van der Waals surface area (Å²) in [7, 11) is 0. The largest absolute Gasteiger partial charge is 0.0705 e. The molecule has 0 heteroatoms. The van der Waals surface area contributed by atoms with E-state index in [1.807, 2.05) is 5.57 Å². The molecule has 1 fully saturated rings. The van der Waals surface area contributed by atoms with Gasteiger partial charge in [0.15, 0.2) is 0 Å². The van der Waals surface area contributed by atoms with E-state index in [0.717, 1.165) is 23.7 Å². The average molecular weight is 262 g/mol. The summed E-state index contributed by atoms with van der Waals surface area (Å²) < 4.78 is 0. The SMILES string of the molecule is CC1=C(C2CCCCCC2)C(C)CCCC(C)C1C. The highest BCUT2D eigenvalue weighted by molar-refractivity contribution is 5.21. The molecule has 2 aliphatic rings. The summed E-state index contributed by atoms with van der Waals surface area (Å²) in [5.74, 6) is 3.46. The summed E-state index contributed by atoms with van der Waals surface area (Å²) in [5, 5.41) is 0. The monoisotopic (exact) mass is 262 g/mol. The molecule has 110 valence electrons. The Bertz CT molecular complexity index is 304. The fraction of sp³-hybridized carbons (Fsp3) is 0.895. The highest BCUT2D eigenvalue weighted by atomic mass is 14.3. The summed E-state index contributed by atoms with van der Waals surface area (Å²) >= 11 is 0. The molecule has 0 aromatic carbocycles. The van der Waals surface area contributed by atoms with Gasteiger partial charge in [-0.05, 0) is 49.9 Å². The Hall–Kier alpha value is -0.260. The molecule has 2 aliphatic carbocycles. The Morgan fingerprint density at radius 2 is 1.37 bits per heavy atom. The fourth-order valence-corrected chi connectivity index (χ4v) is 4.54. The Balaban J connectivity index is 2.26. The Morgan fingerprint density at radius 3 is 2.00 bits per heavy atom. The van der Waals surface area contributed by atoms with Gasteiger partial charge in [-0.1, -0.05) is 70.4 Å². The van der Waals surface area contributed by atoms with Crippen molar-refractivity contribution >= 4 is 0 Å². The molecule has 3 atom stereocenters. The summed E-state index contributed by atoms with van der Waals surface area (Å²) in [4.78, 5) is 0. The standard InChI is InChI=1S/C19H34/c1-14-10-9-11-15(2)19(17(4)16(14)3)18-12-7-5-6-8-13-18/h14-16,18H,5-13H2,1-4H3. The van der Waals surface area contributed by atoms with Crippen LogP contribution in [0.5, 0.6) is 0 Å². The van der Waals surface area contributed by atoms with Gasteiger partial charge >= 0.3 is 0 Å². The van der Waals surface area contributed by atoms with E-state index in [1.54, 1.807) is 5.57 Å². The van der Waals surface area contributed by atoms with Crippen molar-refractivity contribution in [2.24, 2.45) is 23.7 Å². The lowest BCUT2D eigenvalue weighted by molar-refractivity contribution is 0.338. The van der Waals surface area contributed by atoms with Gasteiger partial charge in [-0.2, -0.15) is 0 Å². The summed E-state index contributed by atoms with van der Waals surface area (Å²) in [6.07, 6.45) is 13.1. The van der Waals surface area contributed by atoms with Gasteiger partial charge in [0.2, 0.25) is 0 Å². The maximum Gasteiger partial charge on any atom is -0.0198 e. The van der Waals surface area contributed by atoms with E-state index in [-0.39, 0.29) is 0 Å². The normalized spacial score (nSPS) is 35.7. The van der Waals surface area contributed by atoms with Gasteiger partial charge in [0.05, 0.1) is 0 Å². The molecule has 0 aromatic heterocycles. The van der Waals surface area contributed by atoms with Crippen LogP contribution in [0.4, 0.5) is 0 Å². The second-order valence-corrected chi connectivity index (χ2v) is 7.42. The van der Waals surface area contributed by atoms with Gasteiger partial charge in [0.25, 0.3) is 0 Å². The topological polar surface area (TPSA) is 0 Å². The van der Waals surface area contributed by atoms with Gasteiger partial charge in [-0.15, -0.1) is 0 Å². The van der Waals surface area contributed by atoms with E-state index in [9.17, 15) is 0 Å². The predicted molar refractivity (Wildman–Crippen MR) is 85.2 cm³/mol. The predicted octanol–water partition coefficient (Wildman–Crippen LogP) is 6.37. The Labute approximate surface area is 121 Å². The van der Waals surface area contributed by atoms with Gasteiger partial charge in [0, 0.05) is 0 Å². The first-order valence-electron chi connectivity index (χ1n) is 8.81. The molecule has 3 unspecified atom stereocenters. The fourth-order valence-electron chi connectivity index (χ4n) is 4.54. The lowest BCUT2D eigenvalue weighted by atomic mass is 9.72. The summed E-state index contributed by atoms with van der Waals surface area (Å²) in [6, 6.07) is 0. The molecule has 0 saturated heterocycles. The molecule has 0 spiro atoms. The minimum Gasteiger partial charge on any atom is -0.0705 e. The van der Waals surface area contributed by atoms with Crippen LogP contribution in [0.15, 0.2) is 11.1 Å². The Morgan fingerprint density at radius 1 is 0.737 bits per heavy atom. The van der Waals surface area contributed by atoms with Crippen molar-refractivity contribution in [1.82, 2.24) is 0 Å². The van der Waals surface area contributed by atoms with Crippen molar-refractivity contribution in [2.75, 3.05) is 0 Å².